The molecule has 1 aromatic heterocycles. The molecule has 0 bridgehead atoms. The first-order chi connectivity index (χ1) is 15.7. The molecular formula is C23H40N4O5Si2. The lowest BCUT2D eigenvalue weighted by Crippen LogP contribution is -2.59. The smallest absolute Gasteiger partial charge is 0.395 e. The van der Waals surface area contributed by atoms with Crippen molar-refractivity contribution in [3.8, 4) is 6.07 Å². The van der Waals surface area contributed by atoms with Crippen molar-refractivity contribution in [3.05, 3.63) is 34.8 Å². The molecule has 1 aromatic rings. The molecule has 3 N–H and O–H groups in total. The Hall–Kier alpha value is -2.14. The SMILES string of the molecule is CC(C)[Si](O)(O[Si](O/C=C1\C[C@H](C)[C@](C#N)(n2ccc(N)nc2=O)O1)(C(C)C)C(C)C)C(C)C. The molecule has 1 fully saturated rings. The monoisotopic (exact) mass is 508 g/mol. The second kappa shape index (κ2) is 10.2. The van der Waals surface area contributed by atoms with E-state index in [9.17, 15) is 14.9 Å². The van der Waals surface area contributed by atoms with Crippen LogP contribution in [0.3, 0.4) is 0 Å². The fourth-order valence-corrected chi connectivity index (χ4v) is 14.0. The number of nitrogen functional groups attached to an aromatic ring is 1. The molecule has 2 heterocycles. The summed E-state index contributed by atoms with van der Waals surface area (Å²) in [6.07, 6.45) is 3.35. The second-order valence-corrected chi connectivity index (χ2v) is 19.0. The summed E-state index contributed by atoms with van der Waals surface area (Å²) < 4.78 is 20.4. The summed E-state index contributed by atoms with van der Waals surface area (Å²) >= 11 is 0. The van der Waals surface area contributed by atoms with Crippen LogP contribution in [-0.2, 0) is 19.0 Å². The third kappa shape index (κ3) is 4.95. The average Bonchev–Trinajstić information content (AvgIpc) is 3.06. The van der Waals surface area contributed by atoms with Crippen LogP contribution >= 0.6 is 0 Å². The third-order valence-electron chi connectivity index (χ3n) is 6.77. The van der Waals surface area contributed by atoms with Crippen LogP contribution in [-0.4, -0.2) is 31.5 Å². The standard InChI is InChI=1S/C23H40N4O5Si2/c1-15(2)33(29,16(3)4)32-34(17(5)6,18(7)8)30-13-20-12-19(9)23(14-24,31-20)27-11-10-21(25)26-22(27)28/h10-11,13,15-19,29H,12H2,1-9H3,(H2,25,26,28)/b20-13+/t19-,23+/m0/s1. The molecular weight excluding hydrogens is 468 g/mol. The van der Waals surface area contributed by atoms with Gasteiger partial charge in [-0.05, 0) is 17.1 Å². The van der Waals surface area contributed by atoms with Crippen molar-refractivity contribution in [3.63, 3.8) is 0 Å². The Labute approximate surface area is 205 Å². The summed E-state index contributed by atoms with van der Waals surface area (Å²) in [6.45, 7) is 18.0. The highest BCUT2D eigenvalue weighted by Gasteiger charge is 2.56. The van der Waals surface area contributed by atoms with Crippen LogP contribution in [0, 0.1) is 17.2 Å². The number of rotatable bonds is 9. The zero-order valence-electron chi connectivity index (χ0n) is 21.8. The Bertz CT molecular complexity index is 986. The van der Waals surface area contributed by atoms with Gasteiger partial charge in [0, 0.05) is 29.6 Å². The average molecular weight is 509 g/mol. The minimum atomic E-state index is -3.11. The first-order valence-electron chi connectivity index (χ1n) is 11.9. The summed E-state index contributed by atoms with van der Waals surface area (Å²) in [5.74, 6) is 0.176. The van der Waals surface area contributed by atoms with E-state index in [1.165, 1.54) is 23.1 Å². The molecule has 0 aliphatic carbocycles. The maximum Gasteiger partial charge on any atom is 0.395 e. The van der Waals surface area contributed by atoms with Gasteiger partial charge in [0.15, 0.2) is 0 Å². The van der Waals surface area contributed by atoms with Gasteiger partial charge in [0.05, 0.1) is 0 Å². The van der Waals surface area contributed by atoms with E-state index < -0.39 is 28.5 Å². The number of hydrogen-bond acceptors (Lipinski definition) is 8. The number of nitrogens with two attached hydrogens (primary N) is 1. The van der Waals surface area contributed by atoms with E-state index in [4.69, 9.17) is 19.0 Å². The second-order valence-electron chi connectivity index (χ2n) is 10.4. The lowest BCUT2D eigenvalue weighted by Gasteiger charge is -2.45. The van der Waals surface area contributed by atoms with E-state index in [-0.39, 0.29) is 33.9 Å². The molecule has 1 aliphatic heterocycles. The van der Waals surface area contributed by atoms with E-state index >= 15 is 0 Å². The lowest BCUT2D eigenvalue weighted by molar-refractivity contribution is -0.0131. The fourth-order valence-electron chi connectivity index (χ4n) is 4.51. The lowest BCUT2D eigenvalue weighted by atomic mass is 9.98. The van der Waals surface area contributed by atoms with Crippen molar-refractivity contribution in [1.82, 2.24) is 9.55 Å². The topological polar surface area (TPSA) is 133 Å². The molecule has 11 heteroatoms. The molecule has 0 amide bonds. The van der Waals surface area contributed by atoms with Crippen LogP contribution in [0.2, 0.25) is 22.2 Å². The summed E-state index contributed by atoms with van der Waals surface area (Å²) in [6, 6.07) is 3.61. The normalized spacial score (nSPS) is 22.6. The van der Waals surface area contributed by atoms with Crippen molar-refractivity contribution in [2.24, 2.45) is 5.92 Å². The summed E-state index contributed by atoms with van der Waals surface area (Å²) in [7, 11) is -6.09. The molecule has 190 valence electrons. The maximum atomic E-state index is 12.5. The van der Waals surface area contributed by atoms with Gasteiger partial charge in [0.25, 0.3) is 5.72 Å². The van der Waals surface area contributed by atoms with Gasteiger partial charge >= 0.3 is 22.8 Å². The van der Waals surface area contributed by atoms with E-state index in [0.29, 0.717) is 12.2 Å². The van der Waals surface area contributed by atoms with Gasteiger partial charge in [0.2, 0.25) is 0 Å². The first kappa shape index (κ1) is 28.1. The Balaban J connectivity index is 2.47. The van der Waals surface area contributed by atoms with Gasteiger partial charge in [-0.3, -0.25) is 0 Å². The van der Waals surface area contributed by atoms with Crippen molar-refractivity contribution in [2.45, 2.75) is 96.6 Å². The van der Waals surface area contributed by atoms with Gasteiger partial charge in [-0.1, -0.05) is 62.3 Å². The van der Waals surface area contributed by atoms with E-state index in [0.717, 1.165) is 0 Å². The maximum absolute atomic E-state index is 12.5. The van der Waals surface area contributed by atoms with Crippen molar-refractivity contribution in [1.29, 1.82) is 5.26 Å². The number of hydrogen-bond donors (Lipinski definition) is 2. The van der Waals surface area contributed by atoms with Crippen LogP contribution in [0.5, 0.6) is 0 Å². The van der Waals surface area contributed by atoms with Gasteiger partial charge in [-0.25, -0.2) is 9.36 Å². The molecule has 0 saturated carbocycles. The zero-order valence-corrected chi connectivity index (χ0v) is 23.8. The van der Waals surface area contributed by atoms with Crippen LogP contribution in [0.15, 0.2) is 29.1 Å². The molecule has 2 atom stereocenters. The highest BCUT2D eigenvalue weighted by molar-refractivity contribution is 6.83. The number of nitrogens with zero attached hydrogens (tertiary/aromatic N) is 3. The van der Waals surface area contributed by atoms with Crippen LogP contribution in [0.4, 0.5) is 5.82 Å². The molecule has 0 aromatic carbocycles. The van der Waals surface area contributed by atoms with Gasteiger partial charge in [-0.2, -0.15) is 10.2 Å². The van der Waals surface area contributed by atoms with Crippen LogP contribution in [0.25, 0.3) is 0 Å². The third-order valence-corrected chi connectivity index (χ3v) is 16.4. The summed E-state index contributed by atoms with van der Waals surface area (Å²) in [5, 5.41) is 10.0. The van der Waals surface area contributed by atoms with Crippen molar-refractivity contribution in [2.75, 3.05) is 5.73 Å². The molecule has 9 nitrogen and oxygen atoms in total. The predicted octanol–water partition coefficient (Wildman–Crippen LogP) is 4.45. The van der Waals surface area contributed by atoms with Gasteiger partial charge in [-0.15, -0.1) is 0 Å². The Morgan fingerprint density at radius 3 is 2.24 bits per heavy atom. The predicted molar refractivity (Wildman–Crippen MR) is 136 cm³/mol. The molecule has 1 saturated heterocycles. The molecule has 0 radical (unpaired) electrons. The fraction of sp³-hybridized carbons (Fsp3) is 0.696. The quantitative estimate of drug-likeness (QED) is 0.369. The number of nitriles is 1. The molecule has 34 heavy (non-hydrogen) atoms. The minimum absolute atomic E-state index is 0.00740. The largest absolute Gasteiger partial charge is 0.523 e. The Morgan fingerprint density at radius 2 is 1.79 bits per heavy atom. The molecule has 0 spiro atoms. The highest BCUT2D eigenvalue weighted by Crippen LogP contribution is 2.44. The number of ether oxygens (including phenoxy) is 1. The van der Waals surface area contributed by atoms with Gasteiger partial charge < -0.3 is 23.8 Å². The highest BCUT2D eigenvalue weighted by atomic mass is 28.5. The minimum Gasteiger partial charge on any atom is -0.523 e. The number of aromatic nitrogens is 2. The zero-order chi connectivity index (χ0) is 26.1. The van der Waals surface area contributed by atoms with Crippen LogP contribution in [0.1, 0.15) is 68.7 Å². The van der Waals surface area contributed by atoms with E-state index in [1.807, 2.05) is 34.6 Å². The van der Waals surface area contributed by atoms with Crippen molar-refractivity contribution >= 4 is 22.9 Å². The molecule has 0 unspecified atom stereocenters. The first-order valence-corrected chi connectivity index (χ1v) is 15.9. The van der Waals surface area contributed by atoms with Gasteiger partial charge in [0.1, 0.15) is 23.9 Å². The Morgan fingerprint density at radius 1 is 1.24 bits per heavy atom. The summed E-state index contributed by atoms with van der Waals surface area (Å²) in [4.78, 5) is 27.8. The van der Waals surface area contributed by atoms with E-state index in [2.05, 4.69) is 38.7 Å². The number of allylic oxidation sites excluding steroid dienone is 1. The molecule has 1 aliphatic rings. The molecule has 2 rings (SSSR count). The summed E-state index contributed by atoms with van der Waals surface area (Å²) in [5.41, 5.74) is 3.48. The van der Waals surface area contributed by atoms with Crippen molar-refractivity contribution < 1.29 is 18.1 Å². The van der Waals surface area contributed by atoms with E-state index in [1.54, 1.807) is 0 Å². The Kier molecular flexibility index (Phi) is 8.46. The van der Waals surface area contributed by atoms with Crippen LogP contribution < -0.4 is 11.4 Å². The number of anilines is 1.